The highest BCUT2D eigenvalue weighted by Crippen LogP contribution is 2.28. The fraction of sp³-hybridized carbons (Fsp3) is 0.933. The summed E-state index contributed by atoms with van der Waals surface area (Å²) < 4.78 is 5.37. The van der Waals surface area contributed by atoms with Gasteiger partial charge in [-0.05, 0) is 38.0 Å². The molecule has 1 aliphatic heterocycles. The van der Waals surface area contributed by atoms with E-state index in [1.54, 1.807) is 0 Å². The lowest BCUT2D eigenvalue weighted by molar-refractivity contribution is -0.125. The summed E-state index contributed by atoms with van der Waals surface area (Å²) in [5.74, 6) is 0.264. The van der Waals surface area contributed by atoms with Gasteiger partial charge in [0.1, 0.15) is 0 Å². The second-order valence-electron chi connectivity index (χ2n) is 6.45. The number of ether oxygens (including phenoxy) is 1. The summed E-state index contributed by atoms with van der Waals surface area (Å²) in [6, 6.07) is 0.233. The minimum Gasteiger partial charge on any atom is -0.381 e. The van der Waals surface area contributed by atoms with Gasteiger partial charge in [0.05, 0.1) is 0 Å². The van der Waals surface area contributed by atoms with Crippen molar-refractivity contribution < 1.29 is 9.53 Å². The Morgan fingerprint density at radius 2 is 1.95 bits per heavy atom. The maximum Gasteiger partial charge on any atom is 0.222 e. The molecule has 4 heteroatoms. The molecule has 0 aliphatic carbocycles. The Hall–Kier alpha value is -0.610. The van der Waals surface area contributed by atoms with E-state index in [4.69, 9.17) is 10.5 Å². The highest BCUT2D eigenvalue weighted by atomic mass is 16.5. The quantitative estimate of drug-likeness (QED) is 0.744. The fourth-order valence-corrected chi connectivity index (χ4v) is 2.39. The number of carbonyl (C=O) groups excluding carboxylic acids is 1. The molecule has 112 valence electrons. The predicted octanol–water partition coefficient (Wildman–Crippen LogP) is 2.07. The average molecular weight is 270 g/mol. The molecular weight excluding hydrogens is 240 g/mol. The third-order valence-electron chi connectivity index (χ3n) is 4.13. The van der Waals surface area contributed by atoms with Crippen LogP contribution in [0.4, 0.5) is 0 Å². The van der Waals surface area contributed by atoms with Crippen LogP contribution < -0.4 is 11.1 Å². The first-order chi connectivity index (χ1) is 8.93. The number of carbonyl (C=O) groups is 1. The van der Waals surface area contributed by atoms with Crippen LogP contribution in [0.3, 0.4) is 0 Å². The highest BCUT2D eigenvalue weighted by molar-refractivity contribution is 5.78. The molecular formula is C15H30N2O2. The van der Waals surface area contributed by atoms with Crippen LogP contribution in [0, 0.1) is 11.3 Å². The summed E-state index contributed by atoms with van der Waals surface area (Å²) in [5.41, 5.74) is 5.92. The molecule has 1 aliphatic rings. The molecule has 0 radical (unpaired) electrons. The second kappa shape index (κ2) is 7.85. The third-order valence-corrected chi connectivity index (χ3v) is 4.13. The second-order valence-corrected chi connectivity index (χ2v) is 6.45. The van der Waals surface area contributed by atoms with E-state index < -0.39 is 0 Å². The molecule has 2 atom stereocenters. The van der Waals surface area contributed by atoms with Crippen molar-refractivity contribution in [2.24, 2.45) is 17.1 Å². The molecule has 19 heavy (non-hydrogen) atoms. The zero-order valence-electron chi connectivity index (χ0n) is 12.7. The Kier molecular flexibility index (Phi) is 6.80. The van der Waals surface area contributed by atoms with Crippen LogP contribution in [0.5, 0.6) is 0 Å². The van der Waals surface area contributed by atoms with Crippen LogP contribution in [0.1, 0.15) is 52.9 Å². The zero-order valence-corrected chi connectivity index (χ0v) is 12.7. The van der Waals surface area contributed by atoms with Gasteiger partial charge in [-0.25, -0.2) is 0 Å². The Bertz CT molecular complexity index is 273. The third kappa shape index (κ3) is 6.39. The van der Waals surface area contributed by atoms with Crippen molar-refractivity contribution in [2.75, 3.05) is 19.8 Å². The van der Waals surface area contributed by atoms with Crippen molar-refractivity contribution in [2.45, 2.75) is 58.9 Å². The summed E-state index contributed by atoms with van der Waals surface area (Å²) in [4.78, 5) is 12.0. The van der Waals surface area contributed by atoms with Crippen molar-refractivity contribution in [3.8, 4) is 0 Å². The number of nitrogens with one attached hydrogen (secondary N) is 1. The molecule has 1 heterocycles. The summed E-state index contributed by atoms with van der Waals surface area (Å²) in [5, 5.41) is 3.11. The maximum absolute atomic E-state index is 12.0. The van der Waals surface area contributed by atoms with E-state index in [-0.39, 0.29) is 23.3 Å². The lowest BCUT2D eigenvalue weighted by atomic mass is 9.82. The van der Waals surface area contributed by atoms with E-state index in [2.05, 4.69) is 12.2 Å². The number of hydrogen-bond donors (Lipinski definition) is 2. The summed E-state index contributed by atoms with van der Waals surface area (Å²) >= 11 is 0. The minimum atomic E-state index is 0.0854. The minimum absolute atomic E-state index is 0.0854. The van der Waals surface area contributed by atoms with Gasteiger partial charge in [-0.1, -0.05) is 20.3 Å². The molecule has 0 bridgehead atoms. The molecule has 3 N–H and O–H groups in total. The van der Waals surface area contributed by atoms with Gasteiger partial charge in [0.2, 0.25) is 5.91 Å². The smallest absolute Gasteiger partial charge is 0.222 e. The van der Waals surface area contributed by atoms with Gasteiger partial charge >= 0.3 is 0 Å². The molecule has 0 aromatic heterocycles. The number of nitrogens with two attached hydrogens (primary N) is 1. The molecule has 0 aromatic carbocycles. The Balaban J connectivity index is 2.22. The number of rotatable bonds is 7. The van der Waals surface area contributed by atoms with E-state index in [1.165, 1.54) is 0 Å². The first-order valence-corrected chi connectivity index (χ1v) is 7.54. The molecule has 2 unspecified atom stereocenters. The maximum atomic E-state index is 12.0. The van der Waals surface area contributed by atoms with Crippen LogP contribution in [0.25, 0.3) is 0 Å². The van der Waals surface area contributed by atoms with Crippen molar-refractivity contribution in [1.82, 2.24) is 5.32 Å². The van der Waals surface area contributed by atoms with E-state index in [0.717, 1.165) is 51.9 Å². The molecule has 1 rings (SSSR count). The Labute approximate surface area is 117 Å². The lowest BCUT2D eigenvalue weighted by Crippen LogP contribution is -2.41. The number of hydrogen-bond acceptors (Lipinski definition) is 3. The van der Waals surface area contributed by atoms with Crippen molar-refractivity contribution in [1.29, 1.82) is 0 Å². The van der Waals surface area contributed by atoms with E-state index in [9.17, 15) is 4.79 Å². The standard InChI is InChI=1S/C15H30N2O2/c1-12(5-4-6-13(2)16)14(18)17-11-15(3)7-9-19-10-8-15/h12-13H,4-11,16H2,1-3H3,(H,17,18). The SMILES string of the molecule is CC(N)CCCC(C)C(=O)NCC1(C)CCOCC1. The van der Waals surface area contributed by atoms with E-state index in [0.29, 0.717) is 0 Å². The largest absolute Gasteiger partial charge is 0.381 e. The Morgan fingerprint density at radius 3 is 2.53 bits per heavy atom. The molecule has 1 amide bonds. The zero-order chi connectivity index (χ0) is 14.3. The van der Waals surface area contributed by atoms with Gasteiger partial charge in [-0.3, -0.25) is 4.79 Å². The van der Waals surface area contributed by atoms with Crippen LogP contribution in [-0.4, -0.2) is 31.7 Å². The first kappa shape index (κ1) is 16.4. The molecule has 4 nitrogen and oxygen atoms in total. The van der Waals surface area contributed by atoms with Gasteiger partial charge in [0, 0.05) is 31.7 Å². The first-order valence-electron chi connectivity index (χ1n) is 7.54. The molecule has 0 aromatic rings. The van der Waals surface area contributed by atoms with Gasteiger partial charge < -0.3 is 15.8 Å². The summed E-state index contributed by atoms with van der Waals surface area (Å²) in [6.45, 7) is 8.65. The van der Waals surface area contributed by atoms with Gasteiger partial charge in [0.15, 0.2) is 0 Å². The van der Waals surface area contributed by atoms with Gasteiger partial charge in [0.25, 0.3) is 0 Å². The highest BCUT2D eigenvalue weighted by Gasteiger charge is 2.28. The average Bonchev–Trinajstić information content (AvgIpc) is 2.36. The van der Waals surface area contributed by atoms with Crippen LogP contribution >= 0.6 is 0 Å². The van der Waals surface area contributed by atoms with Crippen molar-refractivity contribution >= 4 is 5.91 Å². The van der Waals surface area contributed by atoms with Crippen LogP contribution in [0.15, 0.2) is 0 Å². The lowest BCUT2D eigenvalue weighted by Gasteiger charge is -2.33. The van der Waals surface area contributed by atoms with Crippen molar-refractivity contribution in [3.63, 3.8) is 0 Å². The van der Waals surface area contributed by atoms with E-state index in [1.807, 2.05) is 13.8 Å². The normalized spacial score (nSPS) is 21.7. The fourth-order valence-electron chi connectivity index (χ4n) is 2.39. The molecule has 1 saturated heterocycles. The number of amides is 1. The molecule has 0 saturated carbocycles. The van der Waals surface area contributed by atoms with Gasteiger partial charge in [-0.15, -0.1) is 0 Å². The summed E-state index contributed by atoms with van der Waals surface area (Å²) in [7, 11) is 0. The Morgan fingerprint density at radius 1 is 1.32 bits per heavy atom. The van der Waals surface area contributed by atoms with Crippen molar-refractivity contribution in [3.05, 3.63) is 0 Å². The summed E-state index contributed by atoms with van der Waals surface area (Å²) in [6.07, 6.45) is 5.01. The topological polar surface area (TPSA) is 64.4 Å². The molecule has 0 spiro atoms. The van der Waals surface area contributed by atoms with Crippen LogP contribution in [-0.2, 0) is 9.53 Å². The van der Waals surface area contributed by atoms with E-state index >= 15 is 0 Å². The molecule has 1 fully saturated rings. The van der Waals surface area contributed by atoms with Gasteiger partial charge in [-0.2, -0.15) is 0 Å². The van der Waals surface area contributed by atoms with Crippen LogP contribution in [0.2, 0.25) is 0 Å². The monoisotopic (exact) mass is 270 g/mol. The predicted molar refractivity (Wildman–Crippen MR) is 77.8 cm³/mol.